The van der Waals surface area contributed by atoms with Gasteiger partial charge in [-0.05, 0) is 15.9 Å². The lowest BCUT2D eigenvalue weighted by molar-refractivity contribution is 0.592. The van der Waals surface area contributed by atoms with Gasteiger partial charge >= 0.3 is 0 Å². The normalized spacial score (nSPS) is 9.67. The third-order valence-corrected chi connectivity index (χ3v) is 1.68. The molecule has 0 N–H and O–H groups in total. The van der Waals surface area contributed by atoms with Crippen LogP contribution in [0.5, 0.6) is 0 Å². The summed E-state index contributed by atoms with van der Waals surface area (Å²) in [4.78, 5) is 3.94. The van der Waals surface area contributed by atoms with Gasteiger partial charge in [-0.2, -0.15) is 0 Å². The molecule has 0 aliphatic heterocycles. The van der Waals surface area contributed by atoms with E-state index in [2.05, 4.69) is 33.5 Å². The van der Waals surface area contributed by atoms with Gasteiger partial charge < -0.3 is 0 Å². The van der Waals surface area contributed by atoms with Gasteiger partial charge in [0.25, 0.3) is 0 Å². The summed E-state index contributed by atoms with van der Waals surface area (Å²) in [6.07, 6.45) is 2.73. The van der Waals surface area contributed by atoms with E-state index in [1.165, 1.54) is 12.4 Å². The summed E-state index contributed by atoms with van der Waals surface area (Å²) in [5.41, 5.74) is 0. The van der Waals surface area contributed by atoms with E-state index in [0.717, 1.165) is 0 Å². The van der Waals surface area contributed by atoms with Crippen molar-refractivity contribution in [3.8, 4) is 0 Å². The van der Waals surface area contributed by atoms with Crippen LogP contribution >= 0.6 is 28.6 Å². The zero-order valence-corrected chi connectivity index (χ0v) is 6.79. The number of thiol groups is 1. The number of hydrogen-bond donors (Lipinski definition) is 1. The molecule has 0 aliphatic rings. The van der Waals surface area contributed by atoms with Crippen molar-refractivity contribution in [3.63, 3.8) is 0 Å². The number of halogens is 2. The largest absolute Gasteiger partial charge is 0.262 e. The molecule has 1 heterocycles. The van der Waals surface area contributed by atoms with Crippen molar-refractivity contribution >= 4 is 28.6 Å². The quantitative estimate of drug-likeness (QED) is 0.645. The number of aromatic nitrogens is 1. The Morgan fingerprint density at radius 3 is 2.67 bits per heavy atom. The molecule has 0 amide bonds. The van der Waals surface area contributed by atoms with Crippen LogP contribution in [0, 0.1) is 5.82 Å². The van der Waals surface area contributed by atoms with Crippen LogP contribution < -0.4 is 0 Å². The van der Waals surface area contributed by atoms with Gasteiger partial charge in [0.05, 0.1) is 9.37 Å². The van der Waals surface area contributed by atoms with E-state index < -0.39 is 0 Å². The Kier molecular flexibility index (Phi) is 2.08. The van der Waals surface area contributed by atoms with Gasteiger partial charge in [0.2, 0.25) is 0 Å². The lowest BCUT2D eigenvalue weighted by Gasteiger charge is -1.93. The molecule has 1 aromatic heterocycles. The SMILES string of the molecule is Fc1c(S)cncc1Br. The van der Waals surface area contributed by atoms with Crippen molar-refractivity contribution in [2.24, 2.45) is 0 Å². The Morgan fingerprint density at radius 1 is 1.56 bits per heavy atom. The van der Waals surface area contributed by atoms with Crippen LogP contribution in [-0.2, 0) is 0 Å². The van der Waals surface area contributed by atoms with Crippen molar-refractivity contribution in [2.45, 2.75) is 4.90 Å². The topological polar surface area (TPSA) is 12.9 Å². The molecule has 0 atom stereocenters. The van der Waals surface area contributed by atoms with Gasteiger partial charge in [-0.1, -0.05) is 0 Å². The smallest absolute Gasteiger partial charge is 0.153 e. The Labute approximate surface area is 65.8 Å². The summed E-state index contributed by atoms with van der Waals surface area (Å²) in [5, 5.41) is 0. The first-order valence-electron chi connectivity index (χ1n) is 2.20. The predicted octanol–water partition coefficient (Wildman–Crippen LogP) is 2.27. The standard InChI is InChI=1S/C5H3BrFNS/c6-3-1-8-2-4(9)5(3)7/h1-2,9H. The Balaban J connectivity index is 3.25. The molecule has 0 fully saturated rings. The summed E-state index contributed by atoms with van der Waals surface area (Å²) in [7, 11) is 0. The molecule has 0 saturated carbocycles. The minimum atomic E-state index is -0.367. The van der Waals surface area contributed by atoms with Crippen molar-refractivity contribution in [2.75, 3.05) is 0 Å². The molecule has 0 saturated heterocycles. The highest BCUT2D eigenvalue weighted by atomic mass is 79.9. The van der Waals surface area contributed by atoms with E-state index in [1.54, 1.807) is 0 Å². The zero-order valence-electron chi connectivity index (χ0n) is 4.31. The molecular formula is C5H3BrFNS. The molecule has 4 heteroatoms. The van der Waals surface area contributed by atoms with E-state index in [9.17, 15) is 4.39 Å². The second kappa shape index (κ2) is 2.66. The van der Waals surface area contributed by atoms with Gasteiger partial charge in [-0.15, -0.1) is 12.6 Å². The van der Waals surface area contributed by atoms with E-state index in [4.69, 9.17) is 0 Å². The molecule has 1 aromatic rings. The van der Waals surface area contributed by atoms with Gasteiger partial charge in [0.15, 0.2) is 5.82 Å². The van der Waals surface area contributed by atoms with Crippen molar-refractivity contribution in [3.05, 3.63) is 22.7 Å². The van der Waals surface area contributed by atoms with Gasteiger partial charge in [-0.25, -0.2) is 4.39 Å². The first kappa shape index (κ1) is 7.02. The van der Waals surface area contributed by atoms with Crippen LogP contribution in [0.3, 0.4) is 0 Å². The fraction of sp³-hybridized carbons (Fsp3) is 0. The number of nitrogens with zero attached hydrogens (tertiary/aromatic N) is 1. The van der Waals surface area contributed by atoms with E-state index in [1.807, 2.05) is 0 Å². The maximum atomic E-state index is 12.6. The molecule has 9 heavy (non-hydrogen) atoms. The average Bonchev–Trinajstić information content (AvgIpc) is 1.83. The van der Waals surface area contributed by atoms with E-state index >= 15 is 0 Å². The van der Waals surface area contributed by atoms with Crippen molar-refractivity contribution < 1.29 is 4.39 Å². The predicted molar refractivity (Wildman–Crippen MR) is 39.1 cm³/mol. The van der Waals surface area contributed by atoms with Crippen LogP contribution in [-0.4, -0.2) is 4.98 Å². The molecular weight excluding hydrogens is 205 g/mol. The Bertz CT molecular complexity index is 208. The van der Waals surface area contributed by atoms with Gasteiger partial charge in [0, 0.05) is 12.4 Å². The third-order valence-electron chi connectivity index (χ3n) is 0.819. The number of rotatable bonds is 0. The second-order valence-electron chi connectivity index (χ2n) is 1.45. The summed E-state index contributed by atoms with van der Waals surface area (Å²) in [6, 6.07) is 0. The lowest BCUT2D eigenvalue weighted by Crippen LogP contribution is -1.81. The molecule has 0 unspecified atom stereocenters. The van der Waals surface area contributed by atoms with E-state index in [-0.39, 0.29) is 10.7 Å². The van der Waals surface area contributed by atoms with Crippen LogP contribution in [0.15, 0.2) is 21.8 Å². The lowest BCUT2D eigenvalue weighted by atomic mass is 10.5. The average molecular weight is 208 g/mol. The van der Waals surface area contributed by atoms with Crippen LogP contribution in [0.2, 0.25) is 0 Å². The molecule has 0 aromatic carbocycles. The molecule has 1 nitrogen and oxygen atoms in total. The maximum Gasteiger partial charge on any atom is 0.153 e. The van der Waals surface area contributed by atoms with E-state index in [0.29, 0.717) is 4.47 Å². The molecule has 0 radical (unpaired) electrons. The zero-order chi connectivity index (χ0) is 6.85. The van der Waals surface area contributed by atoms with Gasteiger partial charge in [-0.3, -0.25) is 4.98 Å². The highest BCUT2D eigenvalue weighted by molar-refractivity contribution is 9.10. The Morgan fingerprint density at radius 2 is 2.22 bits per heavy atom. The van der Waals surface area contributed by atoms with Crippen LogP contribution in [0.1, 0.15) is 0 Å². The maximum absolute atomic E-state index is 12.6. The van der Waals surface area contributed by atoms with Crippen molar-refractivity contribution in [1.82, 2.24) is 4.98 Å². The summed E-state index contributed by atoms with van der Waals surface area (Å²) in [6.45, 7) is 0. The summed E-state index contributed by atoms with van der Waals surface area (Å²) in [5.74, 6) is -0.367. The van der Waals surface area contributed by atoms with Crippen LogP contribution in [0.4, 0.5) is 4.39 Å². The first-order valence-corrected chi connectivity index (χ1v) is 3.44. The fourth-order valence-electron chi connectivity index (χ4n) is 0.409. The van der Waals surface area contributed by atoms with Crippen LogP contribution in [0.25, 0.3) is 0 Å². The highest BCUT2D eigenvalue weighted by Gasteiger charge is 2.00. The number of pyridine rings is 1. The minimum Gasteiger partial charge on any atom is -0.262 e. The Hall–Kier alpha value is -0.0900. The summed E-state index contributed by atoms with van der Waals surface area (Å²) >= 11 is 6.76. The minimum absolute atomic E-state index is 0.254. The first-order chi connectivity index (χ1) is 4.22. The number of hydrogen-bond acceptors (Lipinski definition) is 2. The fourth-order valence-corrected chi connectivity index (χ4v) is 1.08. The highest BCUT2D eigenvalue weighted by Crippen LogP contribution is 2.18. The monoisotopic (exact) mass is 207 g/mol. The molecule has 0 spiro atoms. The van der Waals surface area contributed by atoms with Crippen molar-refractivity contribution in [1.29, 1.82) is 0 Å². The van der Waals surface area contributed by atoms with Gasteiger partial charge in [0.1, 0.15) is 0 Å². The molecule has 48 valence electrons. The third kappa shape index (κ3) is 1.43. The summed E-state index contributed by atoms with van der Waals surface area (Å²) < 4.78 is 12.9. The molecule has 0 aliphatic carbocycles. The molecule has 0 bridgehead atoms. The molecule has 1 rings (SSSR count). The second-order valence-corrected chi connectivity index (χ2v) is 2.79.